The Morgan fingerprint density at radius 2 is 1.86 bits per heavy atom. The molecule has 0 spiro atoms. The Balaban J connectivity index is 2.55. The number of carboxylic acids is 1. The molecule has 0 radical (unpaired) electrons. The molecule has 4 heteroatoms. The smallest absolute Gasteiger partial charge is 0.308 e. The molecule has 2 rings (SSSR count). The summed E-state index contributed by atoms with van der Waals surface area (Å²) in [7, 11) is 0. The molecule has 1 aliphatic carbocycles. The topological polar surface area (TPSA) is 59.3 Å². The lowest BCUT2D eigenvalue weighted by Crippen LogP contribution is -2.35. The number of aliphatic carboxylic acids is 1. The van der Waals surface area contributed by atoms with Crippen LogP contribution in [0.1, 0.15) is 70.2 Å². The molecule has 1 fully saturated rings. The van der Waals surface area contributed by atoms with Crippen molar-refractivity contribution in [1.82, 2.24) is 4.57 Å². The molecule has 1 aliphatic rings. The number of hydrogen-bond acceptors (Lipinski definition) is 2. The van der Waals surface area contributed by atoms with Crippen molar-refractivity contribution in [3.8, 4) is 0 Å². The first kappa shape index (κ1) is 15.8. The molecular formula is C17H25NO3. The summed E-state index contributed by atoms with van der Waals surface area (Å²) in [6.45, 7) is 6.29. The minimum atomic E-state index is -0.953. The van der Waals surface area contributed by atoms with Crippen molar-refractivity contribution >= 4 is 5.97 Å². The molecule has 1 aromatic rings. The fourth-order valence-corrected chi connectivity index (χ4v) is 3.21. The summed E-state index contributed by atoms with van der Waals surface area (Å²) in [5.41, 5.74) is 1.16. The quantitative estimate of drug-likeness (QED) is 0.929. The first-order valence-electron chi connectivity index (χ1n) is 7.77. The number of aromatic nitrogens is 1. The van der Waals surface area contributed by atoms with Crippen LogP contribution in [0.5, 0.6) is 0 Å². The zero-order chi connectivity index (χ0) is 15.6. The maximum atomic E-state index is 12.8. The van der Waals surface area contributed by atoms with E-state index in [1.165, 1.54) is 6.42 Å². The van der Waals surface area contributed by atoms with E-state index in [1.807, 2.05) is 10.6 Å². The van der Waals surface area contributed by atoms with Gasteiger partial charge in [-0.05, 0) is 18.9 Å². The summed E-state index contributed by atoms with van der Waals surface area (Å²) >= 11 is 0. The van der Waals surface area contributed by atoms with E-state index < -0.39 is 5.97 Å². The van der Waals surface area contributed by atoms with Crippen LogP contribution < -0.4 is 5.56 Å². The summed E-state index contributed by atoms with van der Waals surface area (Å²) in [6, 6.07) is 3.85. The highest BCUT2D eigenvalue weighted by molar-refractivity contribution is 5.70. The van der Waals surface area contributed by atoms with Gasteiger partial charge in [-0.3, -0.25) is 9.59 Å². The van der Waals surface area contributed by atoms with Crippen molar-refractivity contribution in [2.75, 3.05) is 0 Å². The van der Waals surface area contributed by atoms with Crippen molar-refractivity contribution in [2.24, 2.45) is 0 Å². The normalized spacial score (nSPS) is 16.9. The average Bonchev–Trinajstić information content (AvgIpc) is 2.40. The summed E-state index contributed by atoms with van der Waals surface area (Å²) in [5, 5.41) is 8.97. The Morgan fingerprint density at radius 3 is 2.38 bits per heavy atom. The van der Waals surface area contributed by atoms with Crippen molar-refractivity contribution in [2.45, 2.75) is 70.8 Å². The minimum absolute atomic E-state index is 0.114. The van der Waals surface area contributed by atoms with Gasteiger partial charge in [-0.2, -0.15) is 0 Å². The second kappa shape index (κ2) is 6.04. The third-order valence-corrected chi connectivity index (χ3v) is 4.25. The Hall–Kier alpha value is -1.58. The van der Waals surface area contributed by atoms with Gasteiger partial charge in [0, 0.05) is 22.7 Å². The van der Waals surface area contributed by atoms with E-state index in [-0.39, 0.29) is 23.4 Å². The van der Waals surface area contributed by atoms with E-state index in [1.54, 1.807) is 6.07 Å². The van der Waals surface area contributed by atoms with Gasteiger partial charge < -0.3 is 9.67 Å². The van der Waals surface area contributed by atoms with E-state index in [2.05, 4.69) is 20.8 Å². The molecule has 116 valence electrons. The van der Waals surface area contributed by atoms with Crippen LogP contribution in [0.15, 0.2) is 16.9 Å². The van der Waals surface area contributed by atoms with Crippen molar-refractivity contribution in [3.05, 3.63) is 33.7 Å². The Labute approximate surface area is 125 Å². The lowest BCUT2D eigenvalue weighted by molar-refractivity contribution is -0.136. The Bertz CT molecular complexity index is 575. The van der Waals surface area contributed by atoms with Crippen molar-refractivity contribution in [1.29, 1.82) is 0 Å². The molecule has 1 N–H and O–H groups in total. The molecule has 4 nitrogen and oxygen atoms in total. The van der Waals surface area contributed by atoms with E-state index in [0.717, 1.165) is 31.4 Å². The molecular weight excluding hydrogens is 266 g/mol. The van der Waals surface area contributed by atoms with Crippen LogP contribution >= 0.6 is 0 Å². The van der Waals surface area contributed by atoms with Crippen LogP contribution in [-0.4, -0.2) is 15.6 Å². The summed E-state index contributed by atoms with van der Waals surface area (Å²) in [4.78, 5) is 23.7. The molecule has 1 saturated carbocycles. The Kier molecular flexibility index (Phi) is 4.55. The van der Waals surface area contributed by atoms with Crippen LogP contribution in [0.25, 0.3) is 0 Å². The average molecular weight is 291 g/mol. The SMILES string of the molecule is CC(C)(C)c1ccc(CC(=O)O)c(=O)n1C1CCCCC1. The van der Waals surface area contributed by atoms with Crippen LogP contribution in [0.3, 0.4) is 0 Å². The van der Waals surface area contributed by atoms with Gasteiger partial charge >= 0.3 is 5.97 Å². The fraction of sp³-hybridized carbons (Fsp3) is 0.647. The predicted molar refractivity (Wildman–Crippen MR) is 82.9 cm³/mol. The zero-order valence-electron chi connectivity index (χ0n) is 13.2. The number of carboxylic acid groups (broad SMARTS) is 1. The number of hydrogen-bond donors (Lipinski definition) is 1. The maximum absolute atomic E-state index is 12.8. The van der Waals surface area contributed by atoms with Gasteiger partial charge in [0.2, 0.25) is 0 Å². The molecule has 0 bridgehead atoms. The number of rotatable bonds is 3. The largest absolute Gasteiger partial charge is 0.481 e. The van der Waals surface area contributed by atoms with Crippen LogP contribution in [0, 0.1) is 0 Å². The first-order chi connectivity index (χ1) is 9.80. The van der Waals surface area contributed by atoms with Gasteiger partial charge in [-0.15, -0.1) is 0 Å². The molecule has 21 heavy (non-hydrogen) atoms. The van der Waals surface area contributed by atoms with Gasteiger partial charge in [-0.25, -0.2) is 0 Å². The van der Waals surface area contributed by atoms with Crippen LogP contribution in [0.2, 0.25) is 0 Å². The molecule has 0 amide bonds. The van der Waals surface area contributed by atoms with Crippen LogP contribution in [0.4, 0.5) is 0 Å². The van der Waals surface area contributed by atoms with Crippen molar-refractivity contribution in [3.63, 3.8) is 0 Å². The zero-order valence-corrected chi connectivity index (χ0v) is 13.2. The second-order valence-corrected chi connectivity index (χ2v) is 7.03. The monoisotopic (exact) mass is 291 g/mol. The van der Waals surface area contributed by atoms with Crippen molar-refractivity contribution < 1.29 is 9.90 Å². The standard InChI is InChI=1S/C17H25NO3/c1-17(2,3)14-10-9-12(11-15(19)20)16(21)18(14)13-7-5-4-6-8-13/h9-10,13H,4-8,11H2,1-3H3,(H,19,20). The number of nitrogens with zero attached hydrogens (tertiary/aromatic N) is 1. The third-order valence-electron chi connectivity index (χ3n) is 4.25. The highest BCUT2D eigenvalue weighted by Gasteiger charge is 2.26. The maximum Gasteiger partial charge on any atom is 0.308 e. The number of carbonyl (C=O) groups is 1. The van der Waals surface area contributed by atoms with Gasteiger partial charge in [0.25, 0.3) is 5.56 Å². The highest BCUT2D eigenvalue weighted by Crippen LogP contribution is 2.31. The molecule has 0 saturated heterocycles. The third kappa shape index (κ3) is 3.55. The van der Waals surface area contributed by atoms with Gasteiger partial charge in [-0.1, -0.05) is 46.1 Å². The summed E-state index contributed by atoms with van der Waals surface area (Å²) in [5.74, 6) is -0.953. The molecule has 1 heterocycles. The molecule has 0 unspecified atom stereocenters. The first-order valence-corrected chi connectivity index (χ1v) is 7.77. The minimum Gasteiger partial charge on any atom is -0.481 e. The van der Waals surface area contributed by atoms with E-state index >= 15 is 0 Å². The van der Waals surface area contributed by atoms with Gasteiger partial charge in [0.1, 0.15) is 0 Å². The second-order valence-electron chi connectivity index (χ2n) is 7.03. The predicted octanol–water partition coefficient (Wildman–Crippen LogP) is 3.28. The van der Waals surface area contributed by atoms with Gasteiger partial charge in [0.15, 0.2) is 0 Å². The van der Waals surface area contributed by atoms with Crippen LogP contribution in [-0.2, 0) is 16.6 Å². The molecule has 1 aromatic heterocycles. The molecule has 0 atom stereocenters. The lowest BCUT2D eigenvalue weighted by Gasteiger charge is -2.32. The van der Waals surface area contributed by atoms with E-state index in [9.17, 15) is 9.59 Å². The number of pyridine rings is 1. The molecule has 0 aromatic carbocycles. The van der Waals surface area contributed by atoms with Gasteiger partial charge in [0.05, 0.1) is 6.42 Å². The highest BCUT2D eigenvalue weighted by atomic mass is 16.4. The van der Waals surface area contributed by atoms with E-state index in [0.29, 0.717) is 5.56 Å². The summed E-state index contributed by atoms with van der Waals surface area (Å²) in [6.07, 6.45) is 5.34. The fourth-order valence-electron chi connectivity index (χ4n) is 3.21. The lowest BCUT2D eigenvalue weighted by atomic mass is 9.88. The molecule has 0 aliphatic heterocycles. The summed E-state index contributed by atoms with van der Waals surface area (Å²) < 4.78 is 1.89. The van der Waals surface area contributed by atoms with E-state index in [4.69, 9.17) is 5.11 Å². The Morgan fingerprint density at radius 1 is 1.24 bits per heavy atom.